The quantitative estimate of drug-likeness (QED) is 0.0532. The number of Topliss-reactive ketones (excluding diaryl/α,β-unsaturated/α-hetero) is 2. The fourth-order valence-electron chi connectivity index (χ4n) is 6.58. The van der Waals surface area contributed by atoms with Gasteiger partial charge in [0.25, 0.3) is 0 Å². The van der Waals surface area contributed by atoms with E-state index in [0.29, 0.717) is 11.6 Å². The number of hydrogen-bond donors (Lipinski definition) is 0. The zero-order chi connectivity index (χ0) is 32.7. The highest BCUT2D eigenvalue weighted by Gasteiger charge is 2.19. The fraction of sp³-hybridized carbons (Fsp3) is 0.905. The summed E-state index contributed by atoms with van der Waals surface area (Å²) in [5.41, 5.74) is 0. The van der Waals surface area contributed by atoms with Crippen LogP contribution in [0, 0.1) is 23.7 Å². The second-order valence-corrected chi connectivity index (χ2v) is 14.8. The molecular weight excluding hydrogens is 536 g/mol. The Balaban J connectivity index is 4.88. The molecule has 0 aliphatic heterocycles. The molecule has 260 valence electrons. The Morgan fingerprint density at radius 1 is 0.455 bits per heavy atom. The van der Waals surface area contributed by atoms with Crippen LogP contribution in [0.5, 0.6) is 0 Å². The maximum absolute atomic E-state index is 11.9. The van der Waals surface area contributed by atoms with Gasteiger partial charge in [-0.25, -0.2) is 0 Å². The molecule has 2 unspecified atom stereocenters. The van der Waals surface area contributed by atoms with Crippen molar-refractivity contribution in [1.82, 2.24) is 0 Å². The summed E-state index contributed by atoms with van der Waals surface area (Å²) in [6.07, 6.45) is 41.3. The van der Waals surface area contributed by atoms with Crippen LogP contribution in [0.3, 0.4) is 0 Å². The SMILES string of the molecule is CCCCCCCCC(/C=C/CCCCCCC(=O)C(C)C)C(CCCCCCCC)CCCCCCCCC(=O)C(C)C. The summed E-state index contributed by atoms with van der Waals surface area (Å²) in [6.45, 7) is 12.7. The molecule has 0 rings (SSSR count). The van der Waals surface area contributed by atoms with Crippen molar-refractivity contribution in [1.29, 1.82) is 0 Å². The van der Waals surface area contributed by atoms with Gasteiger partial charge in [0, 0.05) is 24.7 Å². The first-order valence-electron chi connectivity index (χ1n) is 20.0. The molecule has 44 heavy (non-hydrogen) atoms. The molecule has 2 nitrogen and oxygen atoms in total. The van der Waals surface area contributed by atoms with Crippen molar-refractivity contribution < 1.29 is 9.59 Å². The molecule has 0 bridgehead atoms. The third-order valence-electron chi connectivity index (χ3n) is 9.89. The van der Waals surface area contributed by atoms with Crippen LogP contribution in [0.1, 0.15) is 221 Å². The maximum Gasteiger partial charge on any atom is 0.135 e. The minimum Gasteiger partial charge on any atom is -0.299 e. The molecule has 0 aliphatic carbocycles. The summed E-state index contributed by atoms with van der Waals surface area (Å²) in [5, 5.41) is 0. The number of carbonyl (C=O) groups excluding carboxylic acids is 2. The molecular formula is C42H80O2. The Morgan fingerprint density at radius 2 is 0.818 bits per heavy atom. The van der Waals surface area contributed by atoms with Gasteiger partial charge < -0.3 is 0 Å². The standard InChI is InChI=1S/C42H80O2/c1-7-9-11-13-19-25-31-39(33-27-21-15-17-23-29-35-41(43)37(3)4)40(32-26-20-14-12-10-8-2)34-28-22-16-18-24-30-36-42(44)38(5)6/h27,33,37-40H,7-26,28-32,34-36H2,1-6H3/b33-27+. The van der Waals surface area contributed by atoms with Crippen LogP contribution in [-0.2, 0) is 9.59 Å². The van der Waals surface area contributed by atoms with E-state index in [0.717, 1.165) is 37.5 Å². The predicted molar refractivity (Wildman–Crippen MR) is 196 cm³/mol. The first-order chi connectivity index (χ1) is 21.3. The van der Waals surface area contributed by atoms with Gasteiger partial charge in [0.05, 0.1) is 0 Å². The van der Waals surface area contributed by atoms with Crippen LogP contribution < -0.4 is 0 Å². The molecule has 0 aromatic rings. The lowest BCUT2D eigenvalue weighted by molar-refractivity contribution is -0.122. The van der Waals surface area contributed by atoms with E-state index in [2.05, 4.69) is 26.0 Å². The van der Waals surface area contributed by atoms with Crippen molar-refractivity contribution >= 4 is 11.6 Å². The van der Waals surface area contributed by atoms with Gasteiger partial charge in [0.2, 0.25) is 0 Å². The topological polar surface area (TPSA) is 34.1 Å². The van der Waals surface area contributed by atoms with Gasteiger partial charge in [-0.3, -0.25) is 9.59 Å². The van der Waals surface area contributed by atoms with Crippen LogP contribution in [0.2, 0.25) is 0 Å². The first kappa shape index (κ1) is 43.1. The van der Waals surface area contributed by atoms with Gasteiger partial charge in [0.15, 0.2) is 0 Å². The number of rotatable bonds is 34. The molecule has 0 fully saturated rings. The molecule has 0 amide bonds. The summed E-state index contributed by atoms with van der Waals surface area (Å²) in [4.78, 5) is 23.8. The van der Waals surface area contributed by atoms with Gasteiger partial charge in [-0.05, 0) is 56.8 Å². The van der Waals surface area contributed by atoms with Gasteiger partial charge >= 0.3 is 0 Å². The Kier molecular flexibility index (Phi) is 31.4. The van der Waals surface area contributed by atoms with Crippen LogP contribution in [0.4, 0.5) is 0 Å². The minimum absolute atomic E-state index is 0.192. The lowest BCUT2D eigenvalue weighted by Gasteiger charge is -2.26. The Hall–Kier alpha value is -0.920. The van der Waals surface area contributed by atoms with E-state index >= 15 is 0 Å². The smallest absolute Gasteiger partial charge is 0.135 e. The number of unbranched alkanes of at least 4 members (excludes halogenated alkanes) is 19. The molecule has 0 aliphatic rings. The predicted octanol–water partition coefficient (Wildman–Crippen LogP) is 14.2. The Bertz CT molecular complexity index is 661. The van der Waals surface area contributed by atoms with Crippen molar-refractivity contribution in [2.45, 2.75) is 221 Å². The van der Waals surface area contributed by atoms with E-state index < -0.39 is 0 Å². The second-order valence-electron chi connectivity index (χ2n) is 14.8. The summed E-state index contributed by atoms with van der Waals surface area (Å²) in [6, 6.07) is 0. The molecule has 0 N–H and O–H groups in total. The summed E-state index contributed by atoms with van der Waals surface area (Å²) in [5.74, 6) is 2.85. The lowest BCUT2D eigenvalue weighted by Crippen LogP contribution is -2.14. The highest BCUT2D eigenvalue weighted by atomic mass is 16.1. The number of allylic oxidation sites excluding steroid dienone is 2. The summed E-state index contributed by atoms with van der Waals surface area (Å²) >= 11 is 0. The summed E-state index contributed by atoms with van der Waals surface area (Å²) < 4.78 is 0. The molecule has 0 spiro atoms. The molecule has 0 aromatic carbocycles. The molecule has 0 aromatic heterocycles. The van der Waals surface area contributed by atoms with Gasteiger partial charge in [-0.2, -0.15) is 0 Å². The van der Waals surface area contributed by atoms with Crippen molar-refractivity contribution in [3.63, 3.8) is 0 Å². The van der Waals surface area contributed by atoms with Crippen molar-refractivity contribution in [2.75, 3.05) is 0 Å². The number of hydrogen-bond acceptors (Lipinski definition) is 2. The average molecular weight is 617 g/mol. The fourth-order valence-corrected chi connectivity index (χ4v) is 6.58. The Labute approximate surface area is 277 Å². The summed E-state index contributed by atoms with van der Waals surface area (Å²) in [7, 11) is 0. The first-order valence-corrected chi connectivity index (χ1v) is 20.0. The Morgan fingerprint density at radius 3 is 1.25 bits per heavy atom. The zero-order valence-corrected chi connectivity index (χ0v) is 31.1. The highest BCUT2D eigenvalue weighted by molar-refractivity contribution is 5.80. The molecule has 0 heterocycles. The molecule has 0 saturated heterocycles. The van der Waals surface area contributed by atoms with E-state index in [-0.39, 0.29) is 11.8 Å². The van der Waals surface area contributed by atoms with Gasteiger partial charge in [-0.1, -0.05) is 176 Å². The van der Waals surface area contributed by atoms with E-state index in [1.54, 1.807) is 0 Å². The maximum atomic E-state index is 11.9. The molecule has 0 saturated carbocycles. The molecule has 2 heteroatoms. The van der Waals surface area contributed by atoms with E-state index in [1.165, 1.54) is 154 Å². The lowest BCUT2D eigenvalue weighted by atomic mass is 9.80. The van der Waals surface area contributed by atoms with Crippen LogP contribution in [0.15, 0.2) is 12.2 Å². The molecule has 2 atom stereocenters. The number of carbonyl (C=O) groups is 2. The average Bonchev–Trinajstić information content (AvgIpc) is 3.00. The zero-order valence-electron chi connectivity index (χ0n) is 31.1. The van der Waals surface area contributed by atoms with Crippen molar-refractivity contribution in [3.8, 4) is 0 Å². The second kappa shape index (κ2) is 32.0. The largest absolute Gasteiger partial charge is 0.299 e. The van der Waals surface area contributed by atoms with Crippen LogP contribution in [0.25, 0.3) is 0 Å². The van der Waals surface area contributed by atoms with Crippen molar-refractivity contribution in [2.24, 2.45) is 23.7 Å². The van der Waals surface area contributed by atoms with Crippen LogP contribution >= 0.6 is 0 Å². The molecule has 0 radical (unpaired) electrons. The van der Waals surface area contributed by atoms with E-state index in [4.69, 9.17) is 0 Å². The van der Waals surface area contributed by atoms with E-state index in [1.807, 2.05) is 27.7 Å². The third kappa shape index (κ3) is 27.4. The number of ketones is 2. The van der Waals surface area contributed by atoms with Crippen molar-refractivity contribution in [3.05, 3.63) is 12.2 Å². The van der Waals surface area contributed by atoms with Gasteiger partial charge in [0.1, 0.15) is 11.6 Å². The minimum atomic E-state index is 0.192. The van der Waals surface area contributed by atoms with Crippen LogP contribution in [-0.4, -0.2) is 11.6 Å². The van der Waals surface area contributed by atoms with E-state index in [9.17, 15) is 9.59 Å². The normalized spacial score (nSPS) is 13.4. The highest BCUT2D eigenvalue weighted by Crippen LogP contribution is 2.31. The monoisotopic (exact) mass is 617 g/mol. The third-order valence-corrected chi connectivity index (χ3v) is 9.89. The van der Waals surface area contributed by atoms with Gasteiger partial charge in [-0.15, -0.1) is 0 Å².